The molecule has 0 aliphatic rings. The highest BCUT2D eigenvalue weighted by Crippen LogP contribution is 2.09. The number of quaternary nitrogens is 1. The highest BCUT2D eigenvalue weighted by Gasteiger charge is 2.09. The van der Waals surface area contributed by atoms with Gasteiger partial charge in [-0.3, -0.25) is 0 Å². The number of nitrogens with zero attached hydrogens (tertiary/aromatic N) is 1. The molecule has 0 fully saturated rings. The molecule has 0 spiro atoms. The van der Waals surface area contributed by atoms with Crippen LogP contribution in [0.25, 0.3) is 0 Å². The lowest BCUT2D eigenvalue weighted by molar-refractivity contribution is -0.875. The van der Waals surface area contributed by atoms with E-state index in [4.69, 9.17) is 18.0 Å². The van der Waals surface area contributed by atoms with E-state index in [0.717, 1.165) is 12.1 Å². The zero-order valence-electron chi connectivity index (χ0n) is 9.63. The minimum atomic E-state index is 0.685. The summed E-state index contributed by atoms with van der Waals surface area (Å²) in [7, 11) is 4.12. The van der Waals surface area contributed by atoms with Gasteiger partial charge in [-0.1, -0.05) is 23.6 Å². The molecule has 0 aromatic heterocycles. The number of rotatable bonds is 2. The van der Waals surface area contributed by atoms with E-state index < -0.39 is 0 Å². The molecular weight excluding hydrogens is 218 g/mol. The van der Waals surface area contributed by atoms with Gasteiger partial charge < -0.3 is 4.48 Å². The molecule has 0 bridgehead atoms. The zero-order valence-corrected chi connectivity index (χ0v) is 10.4. The van der Waals surface area contributed by atoms with Crippen LogP contribution >= 0.6 is 11.6 Å². The smallest absolute Gasteiger partial charge is 0.141 e. The molecule has 1 nitrogen and oxygen atoms in total. The molecule has 0 saturated heterocycles. The Morgan fingerprint density at radius 2 is 2.06 bits per heavy atom. The Morgan fingerprint density at radius 1 is 1.31 bits per heavy atom. The Hall–Kier alpha value is -1.41. The third-order valence-electron chi connectivity index (χ3n) is 2.08. The van der Waals surface area contributed by atoms with Crippen LogP contribution in [0.4, 0.5) is 0 Å². The van der Waals surface area contributed by atoms with Gasteiger partial charge in [-0.2, -0.15) is 0 Å². The van der Waals surface area contributed by atoms with E-state index in [1.54, 1.807) is 0 Å². The Balaban J connectivity index is 2.66. The third kappa shape index (κ3) is 4.41. The maximum atomic E-state index is 5.87. The fourth-order valence-corrected chi connectivity index (χ4v) is 1.42. The largest absolute Gasteiger partial charge is 0.308 e. The van der Waals surface area contributed by atoms with Crippen LogP contribution in [0.15, 0.2) is 24.3 Å². The van der Waals surface area contributed by atoms with Crippen molar-refractivity contribution in [1.82, 2.24) is 0 Å². The lowest BCUT2D eigenvalue weighted by Gasteiger charge is -2.24. The molecule has 0 aliphatic heterocycles. The molecule has 0 N–H and O–H groups in total. The predicted molar refractivity (Wildman–Crippen MR) is 69.0 cm³/mol. The first-order valence-electron chi connectivity index (χ1n) is 5.03. The topological polar surface area (TPSA) is 0 Å². The molecule has 0 aliphatic carbocycles. The first kappa shape index (κ1) is 12.7. The summed E-state index contributed by atoms with van der Waals surface area (Å²) in [5, 5.41) is 0.712. The Labute approximate surface area is 103 Å². The molecule has 1 rings (SSSR count). The quantitative estimate of drug-likeness (QED) is 0.543. The van der Waals surface area contributed by atoms with E-state index in [9.17, 15) is 0 Å². The van der Waals surface area contributed by atoms with E-state index in [2.05, 4.69) is 31.9 Å². The fourth-order valence-electron chi connectivity index (χ4n) is 1.22. The van der Waals surface area contributed by atoms with Crippen molar-refractivity contribution < 1.29 is 4.48 Å². The molecule has 0 heterocycles. The van der Waals surface area contributed by atoms with Crippen molar-refractivity contribution >= 4 is 11.6 Å². The van der Waals surface area contributed by atoms with E-state index in [1.807, 2.05) is 24.3 Å². The first-order valence-corrected chi connectivity index (χ1v) is 5.41. The standard InChI is InChI=1S/C14H15ClN/c1-4-10-16(2,3)11-6-8-13-7-5-9-14(15)12-13/h1,5,7,9,12H,10-11H2,2-3H3/q+1. The lowest BCUT2D eigenvalue weighted by atomic mass is 10.2. The van der Waals surface area contributed by atoms with Crippen molar-refractivity contribution in [3.05, 3.63) is 34.9 Å². The van der Waals surface area contributed by atoms with Gasteiger partial charge in [0.2, 0.25) is 0 Å². The summed E-state index contributed by atoms with van der Waals surface area (Å²) in [6.07, 6.45) is 5.29. The second kappa shape index (κ2) is 5.61. The van der Waals surface area contributed by atoms with Crippen molar-refractivity contribution in [2.75, 3.05) is 27.2 Å². The number of hydrogen-bond acceptors (Lipinski definition) is 0. The van der Waals surface area contributed by atoms with E-state index >= 15 is 0 Å². The van der Waals surface area contributed by atoms with Gasteiger partial charge in [-0.05, 0) is 30.0 Å². The van der Waals surface area contributed by atoms with Crippen molar-refractivity contribution in [3.8, 4) is 24.2 Å². The number of hydrogen-bond donors (Lipinski definition) is 0. The molecule has 0 radical (unpaired) electrons. The Kier molecular flexibility index (Phi) is 4.44. The molecular formula is C14H15ClN+. The Bertz CT molecular complexity index is 458. The zero-order chi connectivity index (χ0) is 12.0. The van der Waals surface area contributed by atoms with E-state index in [1.165, 1.54) is 0 Å². The van der Waals surface area contributed by atoms with Crippen LogP contribution in [-0.2, 0) is 0 Å². The van der Waals surface area contributed by atoms with Gasteiger partial charge in [0.05, 0.1) is 14.1 Å². The second-order valence-electron chi connectivity index (χ2n) is 4.27. The van der Waals surface area contributed by atoms with Crippen molar-refractivity contribution in [2.24, 2.45) is 0 Å². The van der Waals surface area contributed by atoms with Gasteiger partial charge in [0, 0.05) is 10.6 Å². The predicted octanol–water partition coefficient (Wildman–Crippen LogP) is 2.40. The highest BCUT2D eigenvalue weighted by atomic mass is 35.5. The highest BCUT2D eigenvalue weighted by molar-refractivity contribution is 6.30. The molecule has 0 unspecified atom stereocenters. The van der Waals surface area contributed by atoms with Gasteiger partial charge in [0.15, 0.2) is 0 Å². The summed E-state index contributed by atoms with van der Waals surface area (Å²) in [6.45, 7) is 1.42. The molecule has 2 heteroatoms. The van der Waals surface area contributed by atoms with Crippen LogP contribution < -0.4 is 0 Å². The molecule has 0 saturated carbocycles. The average Bonchev–Trinajstić information content (AvgIpc) is 2.17. The first-order chi connectivity index (χ1) is 7.53. The molecule has 82 valence electrons. The van der Waals surface area contributed by atoms with Crippen LogP contribution in [0.3, 0.4) is 0 Å². The monoisotopic (exact) mass is 232 g/mol. The van der Waals surface area contributed by atoms with Crippen LogP contribution in [-0.4, -0.2) is 31.7 Å². The van der Waals surface area contributed by atoms with Crippen molar-refractivity contribution in [3.63, 3.8) is 0 Å². The summed E-state index contributed by atoms with van der Waals surface area (Å²) >= 11 is 5.87. The SMILES string of the molecule is C#CC[N+](C)(C)CC#Cc1cccc(Cl)c1. The maximum Gasteiger partial charge on any atom is 0.141 e. The van der Waals surface area contributed by atoms with Crippen molar-refractivity contribution in [1.29, 1.82) is 0 Å². The minimum absolute atomic E-state index is 0.685. The van der Waals surface area contributed by atoms with Crippen LogP contribution in [0, 0.1) is 24.2 Å². The third-order valence-corrected chi connectivity index (χ3v) is 2.32. The van der Waals surface area contributed by atoms with Crippen LogP contribution in [0.1, 0.15) is 5.56 Å². The number of terminal acetylenes is 1. The number of halogens is 1. The molecule has 0 amide bonds. The molecule has 0 atom stereocenters. The summed E-state index contributed by atoms with van der Waals surface area (Å²) in [6, 6.07) is 7.54. The van der Waals surface area contributed by atoms with Gasteiger partial charge in [0.25, 0.3) is 0 Å². The van der Waals surface area contributed by atoms with Gasteiger partial charge in [-0.15, -0.1) is 6.42 Å². The van der Waals surface area contributed by atoms with E-state index in [0.29, 0.717) is 16.1 Å². The Morgan fingerprint density at radius 3 is 2.69 bits per heavy atom. The van der Waals surface area contributed by atoms with E-state index in [-0.39, 0.29) is 0 Å². The lowest BCUT2D eigenvalue weighted by Crippen LogP contribution is -2.40. The van der Waals surface area contributed by atoms with Gasteiger partial charge >= 0.3 is 0 Å². The summed E-state index contributed by atoms with van der Waals surface area (Å²) in [4.78, 5) is 0. The summed E-state index contributed by atoms with van der Waals surface area (Å²) in [5.41, 5.74) is 0.938. The molecule has 16 heavy (non-hydrogen) atoms. The van der Waals surface area contributed by atoms with Crippen molar-refractivity contribution in [2.45, 2.75) is 0 Å². The summed E-state index contributed by atoms with van der Waals surface area (Å²) in [5.74, 6) is 8.85. The fraction of sp³-hybridized carbons (Fsp3) is 0.286. The number of benzene rings is 1. The van der Waals surface area contributed by atoms with Crippen LogP contribution in [0.5, 0.6) is 0 Å². The second-order valence-corrected chi connectivity index (χ2v) is 4.70. The molecule has 1 aromatic carbocycles. The van der Waals surface area contributed by atoms with Gasteiger partial charge in [-0.25, -0.2) is 0 Å². The average molecular weight is 233 g/mol. The maximum absolute atomic E-state index is 5.87. The molecule has 1 aromatic rings. The summed E-state index contributed by atoms with van der Waals surface area (Å²) < 4.78 is 0.712. The van der Waals surface area contributed by atoms with Crippen LogP contribution in [0.2, 0.25) is 5.02 Å². The van der Waals surface area contributed by atoms with Gasteiger partial charge in [0.1, 0.15) is 13.1 Å². The minimum Gasteiger partial charge on any atom is -0.308 e. The normalized spacial score (nSPS) is 10.1.